The summed E-state index contributed by atoms with van der Waals surface area (Å²) in [5, 5.41) is 7.40. The van der Waals surface area contributed by atoms with Crippen LogP contribution in [-0.4, -0.2) is 10.9 Å². The zero-order valence-electron chi connectivity index (χ0n) is 13.9. The molecule has 0 aromatic heterocycles. The first kappa shape index (κ1) is 18.1. The summed E-state index contributed by atoms with van der Waals surface area (Å²) in [6, 6.07) is 24.1. The molecule has 0 saturated carbocycles. The molecule has 3 nitrogen and oxygen atoms in total. The lowest BCUT2D eigenvalue weighted by Crippen LogP contribution is -2.28. The number of rotatable bonds is 5. The van der Waals surface area contributed by atoms with Gasteiger partial charge < -0.3 is 10.6 Å². The Morgan fingerprint density at radius 1 is 0.885 bits per heavy atom. The number of para-hydroxylation sites is 1. The summed E-state index contributed by atoms with van der Waals surface area (Å²) in [4.78, 5) is 12.7. The standard InChI is InChI=1S/C21H17ClN2OS/c22-17-12-10-15(11-13-17)14-23-21(26)24-19-9-5-4-8-18(19)20(25)16-6-2-1-3-7-16/h1-13H,14H2,(H2,23,24,26). The number of thiocarbonyl (C=S) groups is 1. The number of hydrogen-bond acceptors (Lipinski definition) is 2. The van der Waals surface area contributed by atoms with Crippen molar-refractivity contribution in [3.05, 3.63) is 101 Å². The van der Waals surface area contributed by atoms with Gasteiger partial charge in [-0.1, -0.05) is 66.2 Å². The van der Waals surface area contributed by atoms with Crippen LogP contribution >= 0.6 is 23.8 Å². The van der Waals surface area contributed by atoms with Crippen LogP contribution in [-0.2, 0) is 6.54 Å². The summed E-state index contributed by atoms with van der Waals surface area (Å²) >= 11 is 11.3. The first-order valence-corrected chi connectivity index (χ1v) is 8.90. The van der Waals surface area contributed by atoms with Crippen molar-refractivity contribution in [3.8, 4) is 0 Å². The highest BCUT2D eigenvalue weighted by Crippen LogP contribution is 2.19. The van der Waals surface area contributed by atoms with Gasteiger partial charge in [0.25, 0.3) is 0 Å². The Morgan fingerprint density at radius 2 is 1.54 bits per heavy atom. The minimum atomic E-state index is -0.0470. The predicted octanol–water partition coefficient (Wildman–Crippen LogP) is 5.06. The molecule has 0 amide bonds. The number of carbonyl (C=O) groups excluding carboxylic acids is 1. The fourth-order valence-electron chi connectivity index (χ4n) is 2.49. The van der Waals surface area contributed by atoms with E-state index in [1.165, 1.54) is 0 Å². The van der Waals surface area contributed by atoms with Gasteiger partial charge in [0, 0.05) is 22.7 Å². The lowest BCUT2D eigenvalue weighted by Gasteiger charge is -2.14. The van der Waals surface area contributed by atoms with Crippen molar-refractivity contribution < 1.29 is 4.79 Å². The first-order valence-electron chi connectivity index (χ1n) is 8.11. The molecule has 0 radical (unpaired) electrons. The van der Waals surface area contributed by atoms with Crippen LogP contribution in [0.1, 0.15) is 21.5 Å². The summed E-state index contributed by atoms with van der Waals surface area (Å²) in [5.41, 5.74) is 2.96. The third-order valence-electron chi connectivity index (χ3n) is 3.82. The second kappa shape index (κ2) is 8.61. The van der Waals surface area contributed by atoms with Crippen molar-refractivity contribution in [3.63, 3.8) is 0 Å². The Labute approximate surface area is 163 Å². The van der Waals surface area contributed by atoms with Crippen LogP contribution in [0.3, 0.4) is 0 Å². The lowest BCUT2D eigenvalue weighted by molar-refractivity contribution is 0.103. The first-order chi connectivity index (χ1) is 12.6. The van der Waals surface area contributed by atoms with Crippen molar-refractivity contribution >= 4 is 40.4 Å². The van der Waals surface area contributed by atoms with Crippen LogP contribution in [0.4, 0.5) is 5.69 Å². The van der Waals surface area contributed by atoms with E-state index in [0.717, 1.165) is 5.56 Å². The Bertz CT molecular complexity index is 911. The topological polar surface area (TPSA) is 41.1 Å². The van der Waals surface area contributed by atoms with Crippen molar-refractivity contribution in [2.45, 2.75) is 6.54 Å². The fourth-order valence-corrected chi connectivity index (χ4v) is 2.79. The molecular formula is C21H17ClN2OS. The molecule has 3 aromatic carbocycles. The molecular weight excluding hydrogens is 364 g/mol. The van der Waals surface area contributed by atoms with Crippen LogP contribution in [0.25, 0.3) is 0 Å². The molecule has 3 rings (SSSR count). The van der Waals surface area contributed by atoms with Gasteiger partial charge in [0.2, 0.25) is 0 Å². The maximum atomic E-state index is 12.7. The molecule has 3 aromatic rings. The molecule has 0 aliphatic rings. The van der Waals surface area contributed by atoms with Gasteiger partial charge in [-0.25, -0.2) is 0 Å². The Kier molecular flexibility index (Phi) is 6.00. The average Bonchev–Trinajstić information content (AvgIpc) is 2.68. The quantitative estimate of drug-likeness (QED) is 0.479. The van der Waals surface area contributed by atoms with Crippen LogP contribution in [0, 0.1) is 0 Å². The number of benzene rings is 3. The van der Waals surface area contributed by atoms with Gasteiger partial charge in [-0.2, -0.15) is 0 Å². The van der Waals surface area contributed by atoms with E-state index < -0.39 is 0 Å². The van der Waals surface area contributed by atoms with Crippen molar-refractivity contribution in [1.29, 1.82) is 0 Å². The molecule has 0 bridgehead atoms. The van der Waals surface area contributed by atoms with Crippen molar-refractivity contribution in [1.82, 2.24) is 5.32 Å². The maximum absolute atomic E-state index is 12.7. The summed E-state index contributed by atoms with van der Waals surface area (Å²) < 4.78 is 0. The van der Waals surface area contributed by atoms with Crippen LogP contribution in [0.5, 0.6) is 0 Å². The van der Waals surface area contributed by atoms with Crippen molar-refractivity contribution in [2.75, 3.05) is 5.32 Å². The third-order valence-corrected chi connectivity index (χ3v) is 4.32. The summed E-state index contributed by atoms with van der Waals surface area (Å²) in [6.45, 7) is 0.567. The molecule has 26 heavy (non-hydrogen) atoms. The smallest absolute Gasteiger partial charge is 0.195 e. The monoisotopic (exact) mass is 380 g/mol. The average molecular weight is 381 g/mol. The largest absolute Gasteiger partial charge is 0.358 e. The number of ketones is 1. The molecule has 0 spiro atoms. The van der Waals surface area contributed by atoms with Gasteiger partial charge in [0.15, 0.2) is 10.9 Å². The molecule has 0 heterocycles. The molecule has 0 fully saturated rings. The van der Waals surface area contributed by atoms with E-state index in [1.54, 1.807) is 18.2 Å². The highest BCUT2D eigenvalue weighted by molar-refractivity contribution is 7.80. The third kappa shape index (κ3) is 4.69. The molecule has 0 saturated heterocycles. The van der Waals surface area contributed by atoms with E-state index in [4.69, 9.17) is 23.8 Å². The molecule has 0 atom stereocenters. The van der Waals surface area contributed by atoms with Gasteiger partial charge in [-0.3, -0.25) is 4.79 Å². The van der Waals surface area contributed by atoms with E-state index in [0.29, 0.717) is 33.5 Å². The second-order valence-corrected chi connectivity index (χ2v) is 6.52. The highest BCUT2D eigenvalue weighted by atomic mass is 35.5. The predicted molar refractivity (Wildman–Crippen MR) is 111 cm³/mol. The SMILES string of the molecule is O=C(c1ccccc1)c1ccccc1NC(=S)NCc1ccc(Cl)cc1. The molecule has 2 N–H and O–H groups in total. The molecule has 0 unspecified atom stereocenters. The van der Waals surface area contributed by atoms with E-state index in [2.05, 4.69) is 10.6 Å². The summed E-state index contributed by atoms with van der Waals surface area (Å²) in [7, 11) is 0. The number of nitrogens with one attached hydrogen (secondary N) is 2. The molecule has 5 heteroatoms. The Hall–Kier alpha value is -2.69. The zero-order valence-corrected chi connectivity index (χ0v) is 15.5. The number of carbonyl (C=O) groups is 1. The van der Waals surface area contributed by atoms with Gasteiger partial charge in [-0.05, 0) is 42.0 Å². The van der Waals surface area contributed by atoms with Crippen molar-refractivity contribution in [2.24, 2.45) is 0 Å². The Morgan fingerprint density at radius 3 is 2.27 bits per heavy atom. The minimum Gasteiger partial charge on any atom is -0.358 e. The Balaban J connectivity index is 1.69. The minimum absolute atomic E-state index is 0.0470. The van der Waals surface area contributed by atoms with Crippen LogP contribution < -0.4 is 10.6 Å². The number of halogens is 1. The van der Waals surface area contributed by atoms with Crippen LogP contribution in [0.15, 0.2) is 78.9 Å². The molecule has 0 aliphatic carbocycles. The van der Waals surface area contributed by atoms with Gasteiger partial charge in [0.1, 0.15) is 0 Å². The van der Waals surface area contributed by atoms with E-state index in [-0.39, 0.29) is 5.78 Å². The molecule has 0 aliphatic heterocycles. The van der Waals surface area contributed by atoms with E-state index in [9.17, 15) is 4.79 Å². The van der Waals surface area contributed by atoms with E-state index >= 15 is 0 Å². The number of anilines is 1. The maximum Gasteiger partial charge on any atom is 0.195 e. The van der Waals surface area contributed by atoms with E-state index in [1.807, 2.05) is 60.7 Å². The second-order valence-electron chi connectivity index (χ2n) is 5.67. The molecule has 130 valence electrons. The van der Waals surface area contributed by atoms with Gasteiger partial charge >= 0.3 is 0 Å². The van der Waals surface area contributed by atoms with Gasteiger partial charge in [0.05, 0.1) is 5.69 Å². The summed E-state index contributed by atoms with van der Waals surface area (Å²) in [5.74, 6) is -0.0470. The fraction of sp³-hybridized carbons (Fsp3) is 0.0476. The van der Waals surface area contributed by atoms with Crippen LogP contribution in [0.2, 0.25) is 5.02 Å². The zero-order chi connectivity index (χ0) is 18.4. The number of hydrogen-bond donors (Lipinski definition) is 2. The normalized spacial score (nSPS) is 10.2. The lowest BCUT2D eigenvalue weighted by atomic mass is 10.0. The highest BCUT2D eigenvalue weighted by Gasteiger charge is 2.13. The summed E-state index contributed by atoms with van der Waals surface area (Å²) in [6.07, 6.45) is 0. The van der Waals surface area contributed by atoms with Gasteiger partial charge in [-0.15, -0.1) is 0 Å².